The smallest absolute Gasteiger partial charge is 0.129 e. The van der Waals surface area contributed by atoms with Crippen LogP contribution in [0.2, 0.25) is 0 Å². The number of anilines is 1. The van der Waals surface area contributed by atoms with E-state index < -0.39 is 12.3 Å². The topological polar surface area (TPSA) is 39.6 Å². The lowest BCUT2D eigenvalue weighted by Gasteiger charge is -2.35. The van der Waals surface area contributed by atoms with Gasteiger partial charge in [-0.2, -0.15) is 0 Å². The van der Waals surface area contributed by atoms with Crippen LogP contribution in [-0.4, -0.2) is 54.5 Å². The number of piperidine rings is 1. The summed E-state index contributed by atoms with van der Waals surface area (Å²) in [6, 6.07) is 3.98. The maximum atomic E-state index is 13.3. The lowest BCUT2D eigenvalue weighted by Crippen LogP contribution is -2.45. The van der Waals surface area contributed by atoms with Crippen LogP contribution in [0.1, 0.15) is 17.8 Å². The molecule has 2 rings (SSSR count). The third kappa shape index (κ3) is 3.42. The fourth-order valence-corrected chi connectivity index (χ4v) is 2.43. The minimum atomic E-state index is -1.10. The van der Waals surface area contributed by atoms with Crippen molar-refractivity contribution in [3.05, 3.63) is 23.5 Å². The summed E-state index contributed by atoms with van der Waals surface area (Å²) in [4.78, 5) is 8.67. The van der Waals surface area contributed by atoms with Crippen LogP contribution in [0, 0.1) is 6.92 Å². The Morgan fingerprint density at radius 1 is 1.47 bits per heavy atom. The number of aromatic nitrogens is 1. The number of halogens is 1. The molecule has 19 heavy (non-hydrogen) atoms. The van der Waals surface area contributed by atoms with Gasteiger partial charge in [-0.1, -0.05) is 0 Å². The molecule has 0 saturated carbocycles. The van der Waals surface area contributed by atoms with Crippen molar-refractivity contribution in [2.75, 3.05) is 32.1 Å². The van der Waals surface area contributed by atoms with Crippen molar-refractivity contribution >= 4 is 5.69 Å². The van der Waals surface area contributed by atoms with E-state index in [1.165, 1.54) is 0 Å². The van der Waals surface area contributed by atoms with E-state index in [2.05, 4.69) is 9.88 Å². The molecule has 1 aliphatic heterocycles. The Bertz CT molecular complexity index is 439. The molecule has 1 aromatic heterocycles. The lowest BCUT2D eigenvalue weighted by molar-refractivity contribution is 0.0644. The second-order valence-electron chi connectivity index (χ2n) is 5.47. The van der Waals surface area contributed by atoms with Gasteiger partial charge in [0.05, 0.1) is 11.4 Å². The quantitative estimate of drug-likeness (QED) is 0.897. The van der Waals surface area contributed by atoms with Gasteiger partial charge in [0.25, 0.3) is 0 Å². The number of hydrogen-bond donors (Lipinski definition) is 1. The van der Waals surface area contributed by atoms with Gasteiger partial charge < -0.3 is 14.9 Å². The van der Waals surface area contributed by atoms with Gasteiger partial charge >= 0.3 is 0 Å². The highest BCUT2D eigenvalue weighted by Gasteiger charge is 2.28. The van der Waals surface area contributed by atoms with Gasteiger partial charge in [-0.25, -0.2) is 4.39 Å². The van der Waals surface area contributed by atoms with Gasteiger partial charge in [-0.05, 0) is 39.6 Å². The van der Waals surface area contributed by atoms with E-state index in [4.69, 9.17) is 0 Å². The van der Waals surface area contributed by atoms with Crippen molar-refractivity contribution in [2.24, 2.45) is 0 Å². The molecule has 1 aliphatic rings. The standard InChI is InChI=1S/C14H22FN3O/c1-10-4-5-13(12(16-10)8-17(2)3)18-7-6-11(15)14(19)9-18/h4-5,11,14,19H,6-9H2,1-3H3/t11-,14-/m0/s1. The number of nitrogens with zero attached hydrogens (tertiary/aromatic N) is 3. The number of aliphatic hydroxyl groups excluding tert-OH is 1. The summed E-state index contributed by atoms with van der Waals surface area (Å²) >= 11 is 0. The number of β-amino-alcohol motifs (C(OH)–C–C–N with tert-alkyl or cyclic N) is 1. The summed E-state index contributed by atoms with van der Waals surface area (Å²) in [6.07, 6.45) is -1.63. The Kier molecular flexibility index (Phi) is 4.37. The van der Waals surface area contributed by atoms with Gasteiger partial charge in [0, 0.05) is 25.3 Å². The molecule has 0 aliphatic carbocycles. The van der Waals surface area contributed by atoms with E-state index in [0.717, 1.165) is 23.6 Å². The van der Waals surface area contributed by atoms with Crippen molar-refractivity contribution in [3.63, 3.8) is 0 Å². The molecular weight excluding hydrogens is 245 g/mol. The summed E-state index contributed by atoms with van der Waals surface area (Å²) in [7, 11) is 3.99. The zero-order valence-electron chi connectivity index (χ0n) is 11.8. The van der Waals surface area contributed by atoms with Crippen LogP contribution < -0.4 is 4.90 Å². The first-order valence-corrected chi connectivity index (χ1v) is 6.65. The monoisotopic (exact) mass is 267 g/mol. The first kappa shape index (κ1) is 14.2. The van der Waals surface area contributed by atoms with Crippen molar-refractivity contribution in [1.29, 1.82) is 0 Å². The summed E-state index contributed by atoms with van der Waals surface area (Å²) in [5.74, 6) is 0. The molecule has 0 aromatic carbocycles. The Morgan fingerprint density at radius 3 is 2.84 bits per heavy atom. The third-order valence-corrected chi connectivity index (χ3v) is 3.40. The van der Waals surface area contributed by atoms with Crippen molar-refractivity contribution in [2.45, 2.75) is 32.2 Å². The molecule has 106 valence electrons. The molecule has 1 fully saturated rings. The van der Waals surface area contributed by atoms with E-state index >= 15 is 0 Å². The summed E-state index contributed by atoms with van der Waals surface area (Å²) in [5.41, 5.74) is 2.96. The highest BCUT2D eigenvalue weighted by molar-refractivity contribution is 5.52. The maximum absolute atomic E-state index is 13.3. The molecule has 1 N–H and O–H groups in total. The molecule has 2 heterocycles. The molecule has 0 unspecified atom stereocenters. The molecular formula is C14H22FN3O. The van der Waals surface area contributed by atoms with Crippen LogP contribution in [0.4, 0.5) is 10.1 Å². The first-order chi connectivity index (χ1) is 8.97. The predicted octanol–water partition coefficient (Wildman–Crippen LogP) is 1.36. The minimum absolute atomic E-state index is 0.340. The van der Waals surface area contributed by atoms with E-state index in [1.54, 1.807) is 0 Å². The second-order valence-corrected chi connectivity index (χ2v) is 5.47. The highest BCUT2D eigenvalue weighted by Crippen LogP contribution is 2.25. The number of aliphatic hydroxyl groups is 1. The number of hydrogen-bond acceptors (Lipinski definition) is 4. The summed E-state index contributed by atoms with van der Waals surface area (Å²) in [5, 5.41) is 9.69. The van der Waals surface area contributed by atoms with E-state index in [-0.39, 0.29) is 0 Å². The summed E-state index contributed by atoms with van der Waals surface area (Å²) < 4.78 is 13.3. The van der Waals surface area contributed by atoms with E-state index in [1.807, 2.05) is 38.1 Å². The molecule has 1 aromatic rings. The zero-order valence-corrected chi connectivity index (χ0v) is 11.8. The second kappa shape index (κ2) is 5.84. The number of rotatable bonds is 3. The Balaban J connectivity index is 2.23. The van der Waals surface area contributed by atoms with Gasteiger partial charge in [0.15, 0.2) is 0 Å². The van der Waals surface area contributed by atoms with Crippen LogP contribution in [0.15, 0.2) is 12.1 Å². The van der Waals surface area contributed by atoms with Crippen LogP contribution in [-0.2, 0) is 6.54 Å². The lowest BCUT2D eigenvalue weighted by atomic mass is 10.0. The number of aryl methyl sites for hydroxylation is 1. The molecule has 0 radical (unpaired) electrons. The first-order valence-electron chi connectivity index (χ1n) is 6.65. The maximum Gasteiger partial charge on any atom is 0.129 e. The van der Waals surface area contributed by atoms with E-state index in [0.29, 0.717) is 19.5 Å². The van der Waals surface area contributed by atoms with Gasteiger partial charge in [0.2, 0.25) is 0 Å². The van der Waals surface area contributed by atoms with Crippen molar-refractivity contribution < 1.29 is 9.50 Å². The fourth-order valence-electron chi connectivity index (χ4n) is 2.43. The number of pyridine rings is 1. The average molecular weight is 267 g/mol. The molecule has 1 saturated heterocycles. The minimum Gasteiger partial charge on any atom is -0.388 e. The molecule has 5 heteroatoms. The summed E-state index contributed by atoms with van der Waals surface area (Å²) in [6.45, 7) is 3.67. The normalized spacial score (nSPS) is 24.0. The molecule has 0 spiro atoms. The molecule has 0 amide bonds. The molecule has 2 atom stereocenters. The van der Waals surface area contributed by atoms with Gasteiger partial charge in [-0.3, -0.25) is 4.98 Å². The Hall–Kier alpha value is -1.20. The molecule has 0 bridgehead atoms. The van der Waals surface area contributed by atoms with Gasteiger partial charge in [0.1, 0.15) is 12.3 Å². The molecule has 4 nitrogen and oxygen atoms in total. The predicted molar refractivity (Wildman–Crippen MR) is 74.1 cm³/mol. The zero-order chi connectivity index (χ0) is 14.0. The largest absolute Gasteiger partial charge is 0.388 e. The highest BCUT2D eigenvalue weighted by atomic mass is 19.1. The van der Waals surface area contributed by atoms with Crippen molar-refractivity contribution in [1.82, 2.24) is 9.88 Å². The fraction of sp³-hybridized carbons (Fsp3) is 0.643. The third-order valence-electron chi connectivity index (χ3n) is 3.40. The van der Waals surface area contributed by atoms with E-state index in [9.17, 15) is 9.50 Å². The van der Waals surface area contributed by atoms with Crippen LogP contribution in [0.5, 0.6) is 0 Å². The van der Waals surface area contributed by atoms with Crippen molar-refractivity contribution in [3.8, 4) is 0 Å². The average Bonchev–Trinajstić information content (AvgIpc) is 2.32. The Morgan fingerprint density at radius 2 is 2.21 bits per heavy atom. The van der Waals surface area contributed by atoms with Crippen LogP contribution >= 0.6 is 0 Å². The van der Waals surface area contributed by atoms with Crippen LogP contribution in [0.3, 0.4) is 0 Å². The SMILES string of the molecule is Cc1ccc(N2CC[C@H](F)[C@@H](O)C2)c(CN(C)C)n1. The van der Waals surface area contributed by atoms with Gasteiger partial charge in [-0.15, -0.1) is 0 Å². The Labute approximate surface area is 113 Å². The number of alkyl halides is 1. The van der Waals surface area contributed by atoms with Crippen LogP contribution in [0.25, 0.3) is 0 Å².